The second-order valence-corrected chi connectivity index (χ2v) is 24.6. The van der Waals surface area contributed by atoms with Gasteiger partial charge in [0.15, 0.2) is 6.35 Å². The molecule has 0 heterocycles. The number of aliphatic hydroxyl groups is 1. The lowest BCUT2D eigenvalue weighted by Crippen LogP contribution is -2.55. The van der Waals surface area contributed by atoms with Gasteiger partial charge in [0.05, 0.1) is 0 Å². The summed E-state index contributed by atoms with van der Waals surface area (Å²) in [6, 6.07) is 18.7. The van der Waals surface area contributed by atoms with Gasteiger partial charge in [-0.25, -0.2) is 25.2 Å². The smallest absolute Gasteiger partial charge is 0.326 e. The van der Waals surface area contributed by atoms with Crippen LogP contribution in [-0.2, 0) is 60.8 Å². The normalized spacial score (nSPS) is 18.5. The van der Waals surface area contributed by atoms with Gasteiger partial charge in [0.25, 0.3) is 0 Å². The van der Waals surface area contributed by atoms with Gasteiger partial charge in [0, 0.05) is 63.7 Å². The van der Waals surface area contributed by atoms with Crippen molar-refractivity contribution in [1.82, 2.24) is 58.9 Å². The van der Waals surface area contributed by atoms with Crippen molar-refractivity contribution >= 4 is 87.0 Å². The Hall–Kier alpha value is -8.87. The van der Waals surface area contributed by atoms with Gasteiger partial charge in [-0.2, -0.15) is 5.53 Å². The largest absolute Gasteiger partial charge is 0.481 e. The monoisotopic (exact) mass is 1330 g/mol. The Balaban J connectivity index is 0.902. The maximum Gasteiger partial charge on any atom is 0.326 e. The molecular formula is C66H91N11O18. The van der Waals surface area contributed by atoms with E-state index in [9.17, 15) is 78.3 Å². The molecule has 2 aliphatic carbocycles. The number of carboxylic acids is 6. The number of carbonyl (C=O) groups is 11. The third-order valence-electron chi connectivity index (χ3n) is 17.4. The summed E-state index contributed by atoms with van der Waals surface area (Å²) in [6.45, 7) is 1.55. The fourth-order valence-corrected chi connectivity index (χ4v) is 11.9. The van der Waals surface area contributed by atoms with Crippen LogP contribution in [0, 0.1) is 23.7 Å². The van der Waals surface area contributed by atoms with E-state index >= 15 is 0 Å². The van der Waals surface area contributed by atoms with E-state index in [1.807, 2.05) is 84.9 Å². The van der Waals surface area contributed by atoms with E-state index in [2.05, 4.69) is 58.9 Å². The molecule has 518 valence electrons. The van der Waals surface area contributed by atoms with Gasteiger partial charge in [-0.05, 0) is 147 Å². The fraction of sp³-hybridized carbons (Fsp3) is 0.530. The van der Waals surface area contributed by atoms with Crippen molar-refractivity contribution in [3.05, 3.63) is 96.1 Å². The number of urea groups is 1. The summed E-state index contributed by atoms with van der Waals surface area (Å²) in [5.74, 6) is -9.43. The standard InChI is InChI=1S/C66H91N11O18/c78-55(79)29-27-51(63(90)91)75-65(94)73-49(61(86)87)13-5-7-31-67-59(84)53(35-41-19-21-43-9-1-3-11-47(43)33-41)71-57(82)45-23-15-39(16-24-45)37-69-77-70-38-40-17-25-46(26-18-40)58(83)72-54(36-42-20-22-44-10-2-4-12-48(44)34-42)60(85)68-32-8-6-14-50(62(88)89)74-66(95)76-52(64(92)93)28-30-56(80)81/h1-4,9-12,19-22,33-34,39-40,45-46,49-54,65,69-70,73,75,77,94H,5-8,13-18,23-32,35-38H2,(H,67,84)(H,68,85)(H,71,82)(H,72,83)(H,78,79)(H,80,81)(H,86,87)(H,88,89)(H,90,91)(H,92,93)(H2,74,76,95). The average molecular weight is 1330 g/mol. The first-order valence-electron chi connectivity index (χ1n) is 32.5. The first-order chi connectivity index (χ1) is 45.5. The minimum Gasteiger partial charge on any atom is -0.481 e. The zero-order valence-electron chi connectivity index (χ0n) is 53.0. The Bertz CT molecular complexity index is 3250. The number of hydrogen-bond acceptors (Lipinski definition) is 17. The van der Waals surface area contributed by atoms with Gasteiger partial charge in [0.2, 0.25) is 23.6 Å². The highest BCUT2D eigenvalue weighted by molar-refractivity contribution is 5.91. The number of amides is 6. The molecule has 0 bridgehead atoms. The van der Waals surface area contributed by atoms with E-state index in [0.29, 0.717) is 51.6 Å². The summed E-state index contributed by atoms with van der Waals surface area (Å²) < 4.78 is 0. The topological polar surface area (TPSA) is 462 Å². The van der Waals surface area contributed by atoms with Crippen LogP contribution in [0.2, 0.25) is 0 Å². The predicted molar refractivity (Wildman–Crippen MR) is 346 cm³/mol. The minimum atomic E-state index is -1.77. The lowest BCUT2D eigenvalue weighted by Gasteiger charge is -2.30. The maximum atomic E-state index is 13.9. The number of hydrazine groups is 2. The molecule has 95 heavy (non-hydrogen) atoms. The van der Waals surface area contributed by atoms with Gasteiger partial charge in [-0.15, -0.1) is 0 Å². The van der Waals surface area contributed by atoms with E-state index in [-0.39, 0.29) is 93.5 Å². The zero-order valence-corrected chi connectivity index (χ0v) is 53.0. The molecule has 0 aliphatic heterocycles. The number of hydrogen-bond donors (Lipinski definition) is 18. The number of fused-ring (bicyclic) bond motifs is 2. The second kappa shape index (κ2) is 39.1. The molecule has 4 aromatic carbocycles. The van der Waals surface area contributed by atoms with Crippen LogP contribution in [0.3, 0.4) is 0 Å². The van der Waals surface area contributed by atoms with Gasteiger partial charge < -0.3 is 67.6 Å². The summed E-state index contributed by atoms with van der Waals surface area (Å²) in [5, 5.41) is 91.2. The molecule has 18 N–H and O–H groups in total. The molecule has 2 aliphatic rings. The van der Waals surface area contributed by atoms with Gasteiger partial charge >= 0.3 is 41.8 Å². The molecule has 6 rings (SSSR count). The van der Waals surface area contributed by atoms with E-state index in [1.54, 1.807) is 0 Å². The Morgan fingerprint density at radius 3 is 1.18 bits per heavy atom. The Labute approximate surface area is 549 Å². The lowest BCUT2D eigenvalue weighted by atomic mass is 9.81. The first-order valence-corrected chi connectivity index (χ1v) is 32.5. The lowest BCUT2D eigenvalue weighted by molar-refractivity contribution is -0.144. The summed E-state index contributed by atoms with van der Waals surface area (Å²) in [6.07, 6.45) is 3.55. The molecule has 6 amide bonds. The molecule has 2 fully saturated rings. The molecule has 7 atom stereocenters. The first kappa shape index (κ1) is 75.2. The number of nitrogens with one attached hydrogen (secondary N) is 11. The summed E-state index contributed by atoms with van der Waals surface area (Å²) >= 11 is 0. The second-order valence-electron chi connectivity index (χ2n) is 24.6. The molecule has 7 unspecified atom stereocenters. The minimum absolute atomic E-state index is 0.00185. The number of rotatable bonds is 42. The Kier molecular flexibility index (Phi) is 30.9. The van der Waals surface area contributed by atoms with Crippen LogP contribution in [0.1, 0.15) is 127 Å². The fourth-order valence-electron chi connectivity index (χ4n) is 11.9. The molecule has 0 aromatic heterocycles. The van der Waals surface area contributed by atoms with Crippen molar-refractivity contribution in [2.24, 2.45) is 23.7 Å². The van der Waals surface area contributed by atoms with Crippen LogP contribution in [0.5, 0.6) is 0 Å². The highest BCUT2D eigenvalue weighted by Gasteiger charge is 2.33. The molecular weight excluding hydrogens is 1230 g/mol. The maximum absolute atomic E-state index is 13.9. The van der Waals surface area contributed by atoms with Crippen molar-refractivity contribution in [2.45, 2.75) is 171 Å². The average Bonchev–Trinajstić information content (AvgIpc) is 0.971. The molecule has 0 saturated heterocycles. The molecule has 0 radical (unpaired) electrons. The Morgan fingerprint density at radius 1 is 0.411 bits per heavy atom. The van der Waals surface area contributed by atoms with Gasteiger partial charge in [-0.1, -0.05) is 84.9 Å². The van der Waals surface area contributed by atoms with Crippen LogP contribution in [-0.4, -0.2) is 170 Å². The highest BCUT2D eigenvalue weighted by atomic mass is 16.4. The summed E-state index contributed by atoms with van der Waals surface area (Å²) in [4.78, 5) is 137. The number of carboxylic acid groups (broad SMARTS) is 6. The van der Waals surface area contributed by atoms with Crippen LogP contribution in [0.4, 0.5) is 4.79 Å². The number of carbonyl (C=O) groups excluding carboxylic acids is 5. The SMILES string of the molecule is O=C(O)CCC(NC(=O)NC(CCCCNC(=O)C(Cc1ccc2ccccc2c1)NC(=O)C1CCC(CNNNCC2CCC(C(=O)NC(Cc3ccc4ccccc4c3)C(=O)NCCCCC(NC(O)NC(CCC(=O)O)C(=O)O)C(=O)O)CC2)CC1)C(=O)O)C(=O)O. The number of aliphatic hydroxyl groups excluding tert-OH is 1. The van der Waals surface area contributed by atoms with Crippen molar-refractivity contribution in [3.63, 3.8) is 0 Å². The molecule has 2 saturated carbocycles. The van der Waals surface area contributed by atoms with Crippen molar-refractivity contribution in [2.75, 3.05) is 26.2 Å². The van der Waals surface area contributed by atoms with Gasteiger partial charge in [-0.3, -0.25) is 49.0 Å². The highest BCUT2D eigenvalue weighted by Crippen LogP contribution is 2.30. The third kappa shape index (κ3) is 26.5. The van der Waals surface area contributed by atoms with Crippen LogP contribution in [0.25, 0.3) is 21.5 Å². The van der Waals surface area contributed by atoms with Crippen LogP contribution in [0.15, 0.2) is 84.9 Å². The predicted octanol–water partition coefficient (Wildman–Crippen LogP) is 2.83. The summed E-state index contributed by atoms with van der Waals surface area (Å²) in [7, 11) is 0. The molecule has 4 aromatic rings. The molecule has 0 spiro atoms. The number of aliphatic carboxylic acids is 6. The third-order valence-corrected chi connectivity index (χ3v) is 17.4. The molecule has 29 nitrogen and oxygen atoms in total. The number of benzene rings is 4. The van der Waals surface area contributed by atoms with E-state index in [0.717, 1.165) is 58.4 Å². The molecule has 29 heteroatoms. The quantitative estimate of drug-likeness (QED) is 0.0172. The van der Waals surface area contributed by atoms with Gasteiger partial charge in [0.1, 0.15) is 36.3 Å². The number of unbranched alkanes of at least 4 members (excludes halogenated alkanes) is 2. The van der Waals surface area contributed by atoms with Crippen molar-refractivity contribution < 1.29 is 88.5 Å². The van der Waals surface area contributed by atoms with E-state index in [1.165, 1.54) is 0 Å². The van der Waals surface area contributed by atoms with E-state index in [4.69, 9.17) is 10.2 Å². The van der Waals surface area contributed by atoms with Crippen LogP contribution >= 0.6 is 0 Å². The van der Waals surface area contributed by atoms with Crippen molar-refractivity contribution in [1.29, 1.82) is 0 Å². The summed E-state index contributed by atoms with van der Waals surface area (Å²) in [5.41, 5.74) is 11.3. The Morgan fingerprint density at radius 2 is 0.779 bits per heavy atom. The zero-order chi connectivity index (χ0) is 68.8. The van der Waals surface area contributed by atoms with E-state index < -0.39 is 116 Å². The van der Waals surface area contributed by atoms with Crippen LogP contribution < -0.4 is 58.9 Å². The van der Waals surface area contributed by atoms with Crippen molar-refractivity contribution in [3.8, 4) is 0 Å².